The predicted molar refractivity (Wildman–Crippen MR) is 64.2 cm³/mol. The van der Waals surface area contributed by atoms with E-state index >= 15 is 0 Å². The number of nitrogens with one attached hydrogen (secondary N) is 1. The van der Waals surface area contributed by atoms with Crippen LogP contribution in [0.15, 0.2) is 0 Å². The number of nitrogens with zero attached hydrogens (tertiary/aromatic N) is 1. The number of amides is 1. The van der Waals surface area contributed by atoms with Gasteiger partial charge in [-0.25, -0.2) is 0 Å². The maximum atomic E-state index is 12.0. The number of hydrogen-bond acceptors (Lipinski definition) is 3. The van der Waals surface area contributed by atoms with Crippen LogP contribution in [-0.2, 0) is 4.79 Å². The van der Waals surface area contributed by atoms with Gasteiger partial charge in [0.25, 0.3) is 0 Å². The van der Waals surface area contributed by atoms with Gasteiger partial charge in [-0.15, -0.1) is 0 Å². The van der Waals surface area contributed by atoms with Crippen molar-refractivity contribution in [1.82, 2.24) is 10.2 Å². The number of aliphatic hydroxyl groups excluding tert-OH is 1. The normalized spacial score (nSPS) is 20.8. The molecule has 16 heavy (non-hydrogen) atoms. The Labute approximate surface area is 98.0 Å². The number of carbonyl (C=O) groups excluding carboxylic acids is 1. The lowest BCUT2D eigenvalue weighted by Crippen LogP contribution is -2.41. The zero-order valence-electron chi connectivity index (χ0n) is 10.2. The standard InChI is InChI=1S/C12H24N2O2/c1-2-7-14(8-9-15)12(16)10-11-5-3-4-6-13-11/h11,13,15H,2-10H2,1H3. The largest absolute Gasteiger partial charge is 0.395 e. The minimum atomic E-state index is 0.0594. The van der Waals surface area contributed by atoms with Gasteiger partial charge >= 0.3 is 0 Å². The first-order valence-corrected chi connectivity index (χ1v) is 6.40. The van der Waals surface area contributed by atoms with Gasteiger partial charge in [-0.2, -0.15) is 0 Å². The maximum absolute atomic E-state index is 12.0. The third kappa shape index (κ3) is 4.49. The third-order valence-corrected chi connectivity index (χ3v) is 3.05. The van der Waals surface area contributed by atoms with Crippen molar-refractivity contribution in [3.05, 3.63) is 0 Å². The van der Waals surface area contributed by atoms with Crippen molar-refractivity contribution < 1.29 is 9.90 Å². The first kappa shape index (κ1) is 13.5. The molecule has 4 nitrogen and oxygen atoms in total. The van der Waals surface area contributed by atoms with Gasteiger partial charge in [0.2, 0.25) is 5.91 Å². The van der Waals surface area contributed by atoms with Crippen molar-refractivity contribution in [2.45, 2.75) is 45.1 Å². The molecule has 1 atom stereocenters. The van der Waals surface area contributed by atoms with Gasteiger partial charge in [-0.1, -0.05) is 13.3 Å². The van der Waals surface area contributed by atoms with Crippen molar-refractivity contribution in [1.29, 1.82) is 0 Å². The van der Waals surface area contributed by atoms with Crippen LogP contribution in [0.25, 0.3) is 0 Å². The molecule has 1 aliphatic heterocycles. The molecule has 0 aromatic heterocycles. The second-order valence-electron chi connectivity index (χ2n) is 4.46. The first-order chi connectivity index (χ1) is 7.77. The maximum Gasteiger partial charge on any atom is 0.224 e. The first-order valence-electron chi connectivity index (χ1n) is 6.40. The second-order valence-corrected chi connectivity index (χ2v) is 4.46. The van der Waals surface area contributed by atoms with E-state index in [9.17, 15) is 4.79 Å². The van der Waals surface area contributed by atoms with Crippen molar-refractivity contribution in [2.75, 3.05) is 26.2 Å². The summed E-state index contributed by atoms with van der Waals surface area (Å²) in [5.41, 5.74) is 0. The van der Waals surface area contributed by atoms with E-state index < -0.39 is 0 Å². The lowest BCUT2D eigenvalue weighted by Gasteiger charge is -2.27. The predicted octanol–water partition coefficient (Wildman–Crippen LogP) is 0.750. The van der Waals surface area contributed by atoms with Crippen molar-refractivity contribution in [2.24, 2.45) is 0 Å². The van der Waals surface area contributed by atoms with Crippen molar-refractivity contribution >= 4 is 5.91 Å². The van der Waals surface area contributed by atoms with E-state index in [2.05, 4.69) is 12.2 Å². The summed E-state index contributed by atoms with van der Waals surface area (Å²) in [6, 6.07) is 0.347. The number of aliphatic hydroxyl groups is 1. The molecule has 1 saturated heterocycles. The summed E-state index contributed by atoms with van der Waals surface area (Å²) in [6.45, 7) is 4.37. The number of rotatable bonds is 6. The molecule has 0 saturated carbocycles. The molecule has 1 unspecified atom stereocenters. The minimum Gasteiger partial charge on any atom is -0.395 e. The van der Waals surface area contributed by atoms with E-state index in [4.69, 9.17) is 5.11 Å². The van der Waals surface area contributed by atoms with E-state index in [0.717, 1.165) is 25.9 Å². The van der Waals surface area contributed by atoms with Crippen LogP contribution < -0.4 is 5.32 Å². The lowest BCUT2D eigenvalue weighted by atomic mass is 10.0. The van der Waals surface area contributed by atoms with Crippen LogP contribution in [-0.4, -0.2) is 48.2 Å². The fraction of sp³-hybridized carbons (Fsp3) is 0.917. The van der Waals surface area contributed by atoms with Crippen molar-refractivity contribution in [3.63, 3.8) is 0 Å². The summed E-state index contributed by atoms with van der Waals surface area (Å²) in [4.78, 5) is 13.7. The average molecular weight is 228 g/mol. The Morgan fingerprint density at radius 3 is 2.81 bits per heavy atom. The topological polar surface area (TPSA) is 52.6 Å². The van der Waals surface area contributed by atoms with E-state index in [-0.39, 0.29) is 12.5 Å². The summed E-state index contributed by atoms with van der Waals surface area (Å²) < 4.78 is 0. The van der Waals surface area contributed by atoms with Gasteiger partial charge < -0.3 is 15.3 Å². The highest BCUT2D eigenvalue weighted by atomic mass is 16.3. The van der Waals surface area contributed by atoms with Gasteiger partial charge in [-0.3, -0.25) is 4.79 Å². The summed E-state index contributed by atoms with van der Waals surface area (Å²) in [5.74, 6) is 0.176. The Bertz CT molecular complexity index is 197. The molecule has 94 valence electrons. The number of piperidine rings is 1. The monoisotopic (exact) mass is 228 g/mol. The van der Waals surface area contributed by atoms with Gasteiger partial charge in [-0.05, 0) is 25.8 Å². The van der Waals surface area contributed by atoms with Gasteiger partial charge in [0, 0.05) is 25.6 Å². The van der Waals surface area contributed by atoms with Crippen LogP contribution in [0.5, 0.6) is 0 Å². The van der Waals surface area contributed by atoms with Crippen LogP contribution >= 0.6 is 0 Å². The van der Waals surface area contributed by atoms with Crippen LogP contribution in [0.2, 0.25) is 0 Å². The molecule has 1 heterocycles. The highest BCUT2D eigenvalue weighted by molar-refractivity contribution is 5.76. The SMILES string of the molecule is CCCN(CCO)C(=O)CC1CCCCN1. The van der Waals surface area contributed by atoms with E-state index in [1.165, 1.54) is 12.8 Å². The van der Waals surface area contributed by atoms with Crippen LogP contribution in [0.3, 0.4) is 0 Å². The molecule has 0 aromatic carbocycles. The molecule has 0 aromatic rings. The van der Waals surface area contributed by atoms with Crippen LogP contribution in [0, 0.1) is 0 Å². The average Bonchev–Trinajstić information content (AvgIpc) is 2.30. The second kappa shape index (κ2) is 7.63. The Hall–Kier alpha value is -0.610. The minimum absolute atomic E-state index is 0.0594. The summed E-state index contributed by atoms with van der Waals surface area (Å²) in [7, 11) is 0. The fourth-order valence-corrected chi connectivity index (χ4v) is 2.19. The van der Waals surface area contributed by atoms with Crippen LogP contribution in [0.1, 0.15) is 39.0 Å². The Kier molecular flexibility index (Phi) is 6.42. The number of hydrogen-bond donors (Lipinski definition) is 2. The molecule has 4 heteroatoms. The van der Waals surface area contributed by atoms with Gasteiger partial charge in [0.1, 0.15) is 0 Å². The molecule has 1 rings (SSSR count). The molecule has 0 aliphatic carbocycles. The highest BCUT2D eigenvalue weighted by Gasteiger charge is 2.19. The van der Waals surface area contributed by atoms with E-state index in [1.807, 2.05) is 0 Å². The molecule has 1 aliphatic rings. The smallest absolute Gasteiger partial charge is 0.224 e. The molecule has 0 radical (unpaired) electrons. The highest BCUT2D eigenvalue weighted by Crippen LogP contribution is 2.11. The Morgan fingerprint density at radius 2 is 2.25 bits per heavy atom. The van der Waals surface area contributed by atoms with Crippen molar-refractivity contribution in [3.8, 4) is 0 Å². The quantitative estimate of drug-likeness (QED) is 0.705. The lowest BCUT2D eigenvalue weighted by molar-refractivity contribution is -0.132. The zero-order chi connectivity index (χ0) is 11.8. The Balaban J connectivity index is 2.34. The summed E-state index contributed by atoms with van der Waals surface area (Å²) >= 11 is 0. The van der Waals surface area contributed by atoms with Gasteiger partial charge in [0.05, 0.1) is 6.61 Å². The molecule has 0 spiro atoms. The molecule has 2 N–H and O–H groups in total. The van der Waals surface area contributed by atoms with Crippen LogP contribution in [0.4, 0.5) is 0 Å². The fourth-order valence-electron chi connectivity index (χ4n) is 2.19. The van der Waals surface area contributed by atoms with E-state index in [1.54, 1.807) is 4.90 Å². The molecule has 1 fully saturated rings. The summed E-state index contributed by atoms with van der Waals surface area (Å²) in [6.07, 6.45) is 5.08. The zero-order valence-corrected chi connectivity index (χ0v) is 10.2. The van der Waals surface area contributed by atoms with Gasteiger partial charge in [0.15, 0.2) is 0 Å². The Morgan fingerprint density at radius 1 is 1.44 bits per heavy atom. The molecule has 1 amide bonds. The third-order valence-electron chi connectivity index (χ3n) is 3.05. The molecular weight excluding hydrogens is 204 g/mol. The summed E-state index contributed by atoms with van der Waals surface area (Å²) in [5, 5.41) is 12.3. The molecule has 0 bridgehead atoms. The van der Waals surface area contributed by atoms with E-state index in [0.29, 0.717) is 19.0 Å². The number of carbonyl (C=O) groups is 1. The molecular formula is C12H24N2O2.